The Bertz CT molecular complexity index is 363. The number of carbonyl (C=O) groups excluding carboxylic acids is 2. The van der Waals surface area contributed by atoms with Crippen LogP contribution in [0.15, 0.2) is 0 Å². The number of amides is 1. The SMILES string of the molecule is COC(=O)C[C@H](NC(=O)CC1(N)CCCC1)C(=O)O. The van der Waals surface area contributed by atoms with Crippen LogP contribution in [0.2, 0.25) is 0 Å². The van der Waals surface area contributed by atoms with Crippen LogP contribution in [0.4, 0.5) is 0 Å². The van der Waals surface area contributed by atoms with Crippen molar-refractivity contribution in [1.82, 2.24) is 5.32 Å². The molecule has 0 aromatic carbocycles. The van der Waals surface area contributed by atoms with Gasteiger partial charge in [-0.1, -0.05) is 12.8 Å². The second-order valence-electron chi connectivity index (χ2n) is 4.98. The van der Waals surface area contributed by atoms with Crippen molar-refractivity contribution in [3.63, 3.8) is 0 Å². The number of esters is 1. The summed E-state index contributed by atoms with van der Waals surface area (Å²) in [4.78, 5) is 33.8. The summed E-state index contributed by atoms with van der Waals surface area (Å²) in [5.41, 5.74) is 5.50. The number of carboxylic acid groups (broad SMARTS) is 1. The molecule has 1 rings (SSSR count). The monoisotopic (exact) mass is 272 g/mol. The van der Waals surface area contributed by atoms with Gasteiger partial charge in [-0.3, -0.25) is 9.59 Å². The third kappa shape index (κ3) is 4.86. The van der Waals surface area contributed by atoms with E-state index in [1.54, 1.807) is 0 Å². The van der Waals surface area contributed by atoms with E-state index in [1.165, 1.54) is 0 Å². The molecule has 0 aromatic heterocycles. The molecular formula is C12H20N2O5. The first-order chi connectivity index (χ1) is 8.86. The van der Waals surface area contributed by atoms with Crippen molar-refractivity contribution in [2.75, 3.05) is 7.11 Å². The van der Waals surface area contributed by atoms with Gasteiger partial charge in [-0.2, -0.15) is 0 Å². The number of ether oxygens (including phenoxy) is 1. The Balaban J connectivity index is 2.51. The van der Waals surface area contributed by atoms with Gasteiger partial charge in [-0.25, -0.2) is 4.79 Å². The van der Waals surface area contributed by atoms with Crippen LogP contribution in [0.25, 0.3) is 0 Å². The summed E-state index contributed by atoms with van der Waals surface area (Å²) in [5.74, 6) is -2.40. The maximum absolute atomic E-state index is 11.8. The molecule has 0 radical (unpaired) electrons. The van der Waals surface area contributed by atoms with Gasteiger partial charge in [0.15, 0.2) is 0 Å². The molecule has 1 amide bonds. The molecule has 7 nitrogen and oxygen atoms in total. The van der Waals surface area contributed by atoms with Crippen molar-refractivity contribution in [3.8, 4) is 0 Å². The van der Waals surface area contributed by atoms with E-state index in [-0.39, 0.29) is 6.42 Å². The molecule has 0 spiro atoms. The highest BCUT2D eigenvalue weighted by atomic mass is 16.5. The summed E-state index contributed by atoms with van der Waals surface area (Å²) in [6.45, 7) is 0. The van der Waals surface area contributed by atoms with Gasteiger partial charge in [0.2, 0.25) is 5.91 Å². The molecule has 0 heterocycles. The third-order valence-corrected chi connectivity index (χ3v) is 3.34. The van der Waals surface area contributed by atoms with Gasteiger partial charge in [0.1, 0.15) is 6.04 Å². The van der Waals surface area contributed by atoms with Crippen LogP contribution < -0.4 is 11.1 Å². The van der Waals surface area contributed by atoms with Gasteiger partial charge in [0.05, 0.1) is 13.5 Å². The Morgan fingerprint density at radius 3 is 2.42 bits per heavy atom. The highest BCUT2D eigenvalue weighted by Crippen LogP contribution is 2.29. The highest BCUT2D eigenvalue weighted by molar-refractivity contribution is 5.87. The maximum atomic E-state index is 11.8. The van der Waals surface area contributed by atoms with Crippen LogP contribution in [0.1, 0.15) is 38.5 Å². The van der Waals surface area contributed by atoms with Crippen molar-refractivity contribution >= 4 is 17.8 Å². The normalized spacial score (nSPS) is 18.6. The van der Waals surface area contributed by atoms with E-state index in [1.807, 2.05) is 0 Å². The Labute approximate surface area is 111 Å². The Morgan fingerprint density at radius 2 is 1.95 bits per heavy atom. The lowest BCUT2D eigenvalue weighted by Gasteiger charge is -2.23. The number of hydrogen-bond acceptors (Lipinski definition) is 5. The van der Waals surface area contributed by atoms with Crippen LogP contribution in [-0.2, 0) is 19.1 Å². The fourth-order valence-electron chi connectivity index (χ4n) is 2.27. The third-order valence-electron chi connectivity index (χ3n) is 3.34. The predicted molar refractivity (Wildman–Crippen MR) is 66.2 cm³/mol. The summed E-state index contributed by atoms with van der Waals surface area (Å²) < 4.78 is 4.39. The van der Waals surface area contributed by atoms with Gasteiger partial charge >= 0.3 is 11.9 Å². The minimum atomic E-state index is -1.27. The zero-order valence-corrected chi connectivity index (χ0v) is 11.0. The number of methoxy groups -OCH3 is 1. The molecule has 0 aliphatic heterocycles. The molecule has 108 valence electrons. The molecule has 0 bridgehead atoms. The minimum Gasteiger partial charge on any atom is -0.480 e. The molecule has 0 unspecified atom stereocenters. The second-order valence-corrected chi connectivity index (χ2v) is 4.98. The van der Waals surface area contributed by atoms with Crippen molar-refractivity contribution in [2.24, 2.45) is 5.73 Å². The first kappa shape index (κ1) is 15.4. The molecule has 1 aliphatic rings. The molecule has 7 heteroatoms. The zero-order valence-electron chi connectivity index (χ0n) is 11.0. The molecule has 0 aromatic rings. The number of nitrogens with two attached hydrogens (primary N) is 1. The van der Waals surface area contributed by atoms with Crippen molar-refractivity contribution in [1.29, 1.82) is 0 Å². The molecule has 1 aliphatic carbocycles. The van der Waals surface area contributed by atoms with E-state index in [4.69, 9.17) is 10.8 Å². The van der Waals surface area contributed by atoms with Crippen LogP contribution in [-0.4, -0.2) is 41.6 Å². The lowest BCUT2D eigenvalue weighted by atomic mass is 9.94. The minimum absolute atomic E-state index is 0.0813. The van der Waals surface area contributed by atoms with Gasteiger partial charge < -0.3 is 20.9 Å². The van der Waals surface area contributed by atoms with Crippen LogP contribution in [0.5, 0.6) is 0 Å². The second kappa shape index (κ2) is 6.51. The molecule has 4 N–H and O–H groups in total. The van der Waals surface area contributed by atoms with Gasteiger partial charge in [-0.15, -0.1) is 0 Å². The summed E-state index contributed by atoms with van der Waals surface area (Å²) in [6.07, 6.45) is 3.17. The van der Waals surface area contributed by atoms with E-state index in [9.17, 15) is 14.4 Å². The lowest BCUT2D eigenvalue weighted by Crippen LogP contribution is -2.47. The number of carboxylic acids is 1. The number of hydrogen-bond donors (Lipinski definition) is 3. The average molecular weight is 272 g/mol. The van der Waals surface area contributed by atoms with Crippen LogP contribution in [0, 0.1) is 0 Å². The van der Waals surface area contributed by atoms with Crippen LogP contribution >= 0.6 is 0 Å². The Morgan fingerprint density at radius 1 is 1.37 bits per heavy atom. The summed E-state index contributed by atoms with van der Waals surface area (Å²) in [7, 11) is 1.16. The van der Waals surface area contributed by atoms with Gasteiger partial charge in [0.25, 0.3) is 0 Å². The molecule has 1 saturated carbocycles. The molecule has 1 atom stereocenters. The molecular weight excluding hydrogens is 252 g/mol. The largest absolute Gasteiger partial charge is 0.480 e. The number of rotatable bonds is 6. The Kier molecular flexibility index (Phi) is 5.29. The van der Waals surface area contributed by atoms with Crippen molar-refractivity contribution in [3.05, 3.63) is 0 Å². The molecule has 19 heavy (non-hydrogen) atoms. The number of nitrogens with one attached hydrogen (secondary N) is 1. The van der Waals surface area contributed by atoms with Crippen LogP contribution in [0.3, 0.4) is 0 Å². The quantitative estimate of drug-likeness (QED) is 0.575. The van der Waals surface area contributed by atoms with Crippen molar-refractivity contribution in [2.45, 2.75) is 50.1 Å². The smallest absolute Gasteiger partial charge is 0.326 e. The highest BCUT2D eigenvalue weighted by Gasteiger charge is 2.33. The lowest BCUT2D eigenvalue weighted by molar-refractivity contribution is -0.148. The van der Waals surface area contributed by atoms with E-state index in [0.29, 0.717) is 0 Å². The van der Waals surface area contributed by atoms with E-state index >= 15 is 0 Å². The standard InChI is InChI=1S/C12H20N2O5/c1-19-10(16)6-8(11(17)18)14-9(15)7-12(13)4-2-3-5-12/h8H,2-7,13H2,1H3,(H,14,15)(H,17,18)/t8-/m0/s1. The van der Waals surface area contributed by atoms with E-state index < -0.39 is 35.8 Å². The van der Waals surface area contributed by atoms with Gasteiger partial charge in [0, 0.05) is 12.0 Å². The zero-order chi connectivity index (χ0) is 14.5. The van der Waals surface area contributed by atoms with E-state index in [2.05, 4.69) is 10.1 Å². The average Bonchev–Trinajstić information content (AvgIpc) is 2.74. The number of carbonyl (C=O) groups is 3. The number of aliphatic carboxylic acids is 1. The van der Waals surface area contributed by atoms with E-state index in [0.717, 1.165) is 32.8 Å². The fourth-order valence-corrected chi connectivity index (χ4v) is 2.27. The Hall–Kier alpha value is -1.63. The molecule has 0 saturated heterocycles. The first-order valence-electron chi connectivity index (χ1n) is 6.24. The van der Waals surface area contributed by atoms with Crippen molar-refractivity contribution < 1.29 is 24.2 Å². The summed E-state index contributed by atoms with van der Waals surface area (Å²) >= 11 is 0. The topological polar surface area (TPSA) is 119 Å². The fraction of sp³-hybridized carbons (Fsp3) is 0.750. The molecule has 1 fully saturated rings. The predicted octanol–water partition coefficient (Wildman–Crippen LogP) is -0.219. The maximum Gasteiger partial charge on any atom is 0.326 e. The summed E-state index contributed by atoms with van der Waals surface area (Å²) in [6, 6.07) is -1.27. The summed E-state index contributed by atoms with van der Waals surface area (Å²) in [5, 5.41) is 11.3. The first-order valence-corrected chi connectivity index (χ1v) is 6.24. The van der Waals surface area contributed by atoms with Gasteiger partial charge in [-0.05, 0) is 12.8 Å².